The third-order valence-corrected chi connectivity index (χ3v) is 4.52. The van der Waals surface area contributed by atoms with E-state index in [4.69, 9.17) is 0 Å². The first kappa shape index (κ1) is 14.8. The SMILES string of the molecule is Cn1c(SCC(O)c2ccccc2)nnc1-c1ccccc1. The summed E-state index contributed by atoms with van der Waals surface area (Å²) in [5.41, 5.74) is 1.95. The minimum absolute atomic E-state index is 0.511. The molecule has 0 saturated carbocycles. The monoisotopic (exact) mass is 311 g/mol. The van der Waals surface area contributed by atoms with Gasteiger partial charge in [-0.15, -0.1) is 10.2 Å². The molecule has 0 bridgehead atoms. The summed E-state index contributed by atoms with van der Waals surface area (Å²) in [5.74, 6) is 1.38. The van der Waals surface area contributed by atoms with Crippen LogP contribution in [-0.2, 0) is 7.05 Å². The van der Waals surface area contributed by atoms with Crippen molar-refractivity contribution in [1.29, 1.82) is 0 Å². The normalized spacial score (nSPS) is 12.3. The lowest BCUT2D eigenvalue weighted by Crippen LogP contribution is -2.02. The molecule has 5 heteroatoms. The van der Waals surface area contributed by atoms with E-state index in [2.05, 4.69) is 10.2 Å². The van der Waals surface area contributed by atoms with Gasteiger partial charge in [0.05, 0.1) is 6.10 Å². The van der Waals surface area contributed by atoms with E-state index in [0.29, 0.717) is 5.75 Å². The molecule has 1 unspecified atom stereocenters. The summed E-state index contributed by atoms with van der Waals surface area (Å²) in [4.78, 5) is 0. The molecule has 0 aliphatic carbocycles. The van der Waals surface area contributed by atoms with Crippen molar-refractivity contribution in [3.05, 3.63) is 66.2 Å². The van der Waals surface area contributed by atoms with Crippen LogP contribution in [0.15, 0.2) is 65.8 Å². The van der Waals surface area contributed by atoms with E-state index in [1.54, 1.807) is 0 Å². The molecular weight excluding hydrogens is 294 g/mol. The predicted molar refractivity (Wildman–Crippen MR) is 88.6 cm³/mol. The van der Waals surface area contributed by atoms with Crippen LogP contribution in [0.25, 0.3) is 11.4 Å². The van der Waals surface area contributed by atoms with Gasteiger partial charge in [0.25, 0.3) is 0 Å². The van der Waals surface area contributed by atoms with Crippen molar-refractivity contribution in [1.82, 2.24) is 14.8 Å². The van der Waals surface area contributed by atoms with Gasteiger partial charge in [-0.1, -0.05) is 72.4 Å². The van der Waals surface area contributed by atoms with Gasteiger partial charge in [0.1, 0.15) is 0 Å². The summed E-state index contributed by atoms with van der Waals surface area (Å²) in [6, 6.07) is 19.6. The van der Waals surface area contributed by atoms with Crippen LogP contribution in [0.4, 0.5) is 0 Å². The summed E-state index contributed by atoms with van der Waals surface area (Å²) in [7, 11) is 1.94. The zero-order chi connectivity index (χ0) is 15.4. The fourth-order valence-electron chi connectivity index (χ4n) is 2.20. The molecule has 1 aromatic heterocycles. The summed E-state index contributed by atoms with van der Waals surface area (Å²) in [5, 5.41) is 19.5. The van der Waals surface area contributed by atoms with E-state index >= 15 is 0 Å². The molecule has 4 nitrogen and oxygen atoms in total. The van der Waals surface area contributed by atoms with Crippen molar-refractivity contribution in [3.63, 3.8) is 0 Å². The standard InChI is InChI=1S/C17H17N3OS/c1-20-16(14-10-6-3-7-11-14)18-19-17(20)22-12-15(21)13-8-4-2-5-9-13/h2-11,15,21H,12H2,1H3. The lowest BCUT2D eigenvalue weighted by Gasteiger charge is -2.10. The Bertz CT molecular complexity index is 728. The number of aromatic nitrogens is 3. The Morgan fingerprint density at radius 1 is 1.00 bits per heavy atom. The van der Waals surface area contributed by atoms with E-state index in [1.165, 1.54) is 11.8 Å². The van der Waals surface area contributed by atoms with Crippen LogP contribution in [0.5, 0.6) is 0 Å². The summed E-state index contributed by atoms with van der Waals surface area (Å²) in [6.45, 7) is 0. The fourth-order valence-corrected chi connectivity index (χ4v) is 3.08. The third kappa shape index (κ3) is 3.21. The van der Waals surface area contributed by atoms with Gasteiger partial charge in [-0.2, -0.15) is 0 Å². The first-order valence-corrected chi connectivity index (χ1v) is 8.05. The minimum Gasteiger partial charge on any atom is -0.388 e. The molecule has 2 aromatic carbocycles. The fraction of sp³-hybridized carbons (Fsp3) is 0.176. The third-order valence-electron chi connectivity index (χ3n) is 3.42. The van der Waals surface area contributed by atoms with Crippen molar-refractivity contribution in [2.75, 3.05) is 5.75 Å². The molecule has 22 heavy (non-hydrogen) atoms. The van der Waals surface area contributed by atoms with Crippen LogP contribution >= 0.6 is 11.8 Å². The van der Waals surface area contributed by atoms with E-state index in [0.717, 1.165) is 22.1 Å². The van der Waals surface area contributed by atoms with Crippen LogP contribution < -0.4 is 0 Å². The molecule has 3 rings (SSSR count). The Labute approximate surface area is 133 Å². The smallest absolute Gasteiger partial charge is 0.191 e. The molecule has 0 aliphatic heterocycles. The van der Waals surface area contributed by atoms with Gasteiger partial charge in [-0.25, -0.2) is 0 Å². The largest absolute Gasteiger partial charge is 0.388 e. The molecule has 3 aromatic rings. The second-order valence-corrected chi connectivity index (χ2v) is 5.96. The Morgan fingerprint density at radius 2 is 1.64 bits per heavy atom. The van der Waals surface area contributed by atoms with E-state index in [1.807, 2.05) is 72.3 Å². The van der Waals surface area contributed by atoms with Gasteiger partial charge in [0, 0.05) is 18.4 Å². The maximum absolute atomic E-state index is 10.2. The van der Waals surface area contributed by atoms with Crippen LogP contribution in [0.1, 0.15) is 11.7 Å². The van der Waals surface area contributed by atoms with Crippen LogP contribution in [-0.4, -0.2) is 25.6 Å². The molecule has 112 valence electrons. The van der Waals surface area contributed by atoms with Crippen molar-refractivity contribution >= 4 is 11.8 Å². The zero-order valence-electron chi connectivity index (χ0n) is 12.3. The molecular formula is C17H17N3OS. The first-order chi connectivity index (χ1) is 10.8. The average Bonchev–Trinajstić information content (AvgIpc) is 2.95. The minimum atomic E-state index is -0.511. The second-order valence-electron chi connectivity index (χ2n) is 4.97. The van der Waals surface area contributed by atoms with Gasteiger partial charge in [0.2, 0.25) is 0 Å². The average molecular weight is 311 g/mol. The van der Waals surface area contributed by atoms with Crippen LogP contribution in [0.2, 0.25) is 0 Å². The Hall–Kier alpha value is -2.11. The Kier molecular flexibility index (Phi) is 4.56. The summed E-state index contributed by atoms with van der Waals surface area (Å²) in [6.07, 6.45) is -0.511. The maximum atomic E-state index is 10.2. The number of aliphatic hydroxyl groups is 1. The molecule has 0 fully saturated rings. The molecule has 1 heterocycles. The molecule has 1 N–H and O–H groups in total. The summed E-state index contributed by atoms with van der Waals surface area (Å²) < 4.78 is 1.96. The number of benzene rings is 2. The number of rotatable bonds is 5. The maximum Gasteiger partial charge on any atom is 0.191 e. The lowest BCUT2D eigenvalue weighted by molar-refractivity contribution is 0.204. The lowest BCUT2D eigenvalue weighted by atomic mass is 10.1. The quantitative estimate of drug-likeness (QED) is 0.735. The molecule has 0 amide bonds. The molecule has 0 radical (unpaired) electrons. The first-order valence-electron chi connectivity index (χ1n) is 7.06. The molecule has 0 aliphatic rings. The van der Waals surface area contributed by atoms with Gasteiger partial charge in [0.15, 0.2) is 11.0 Å². The highest BCUT2D eigenvalue weighted by molar-refractivity contribution is 7.99. The number of nitrogens with zero attached hydrogens (tertiary/aromatic N) is 3. The highest BCUT2D eigenvalue weighted by atomic mass is 32.2. The predicted octanol–water partition coefficient (Wildman–Crippen LogP) is 3.31. The van der Waals surface area contributed by atoms with Crippen LogP contribution in [0.3, 0.4) is 0 Å². The zero-order valence-corrected chi connectivity index (χ0v) is 13.1. The van der Waals surface area contributed by atoms with Crippen molar-refractivity contribution in [2.45, 2.75) is 11.3 Å². The van der Waals surface area contributed by atoms with Crippen molar-refractivity contribution < 1.29 is 5.11 Å². The van der Waals surface area contributed by atoms with Crippen molar-refractivity contribution in [3.8, 4) is 11.4 Å². The van der Waals surface area contributed by atoms with Gasteiger partial charge >= 0.3 is 0 Å². The highest BCUT2D eigenvalue weighted by Crippen LogP contribution is 2.26. The Morgan fingerprint density at radius 3 is 2.32 bits per heavy atom. The van der Waals surface area contributed by atoms with E-state index < -0.39 is 6.10 Å². The highest BCUT2D eigenvalue weighted by Gasteiger charge is 2.13. The number of thioether (sulfide) groups is 1. The topological polar surface area (TPSA) is 50.9 Å². The van der Waals surface area contributed by atoms with E-state index in [-0.39, 0.29) is 0 Å². The molecule has 0 saturated heterocycles. The molecule has 0 spiro atoms. The van der Waals surface area contributed by atoms with Gasteiger partial charge in [-0.3, -0.25) is 0 Å². The van der Waals surface area contributed by atoms with Crippen LogP contribution in [0, 0.1) is 0 Å². The Balaban J connectivity index is 1.71. The van der Waals surface area contributed by atoms with Gasteiger partial charge < -0.3 is 9.67 Å². The number of hydrogen-bond donors (Lipinski definition) is 1. The van der Waals surface area contributed by atoms with E-state index in [9.17, 15) is 5.11 Å². The number of aliphatic hydroxyl groups excluding tert-OH is 1. The second kappa shape index (κ2) is 6.77. The number of hydrogen-bond acceptors (Lipinski definition) is 4. The molecule has 1 atom stereocenters. The van der Waals surface area contributed by atoms with Gasteiger partial charge in [-0.05, 0) is 5.56 Å². The summed E-state index contributed by atoms with van der Waals surface area (Å²) >= 11 is 1.50. The van der Waals surface area contributed by atoms with Crippen molar-refractivity contribution in [2.24, 2.45) is 7.05 Å².